The van der Waals surface area contributed by atoms with Gasteiger partial charge in [-0.2, -0.15) is 14.9 Å². The molecule has 3 N–H and O–H groups in total. The van der Waals surface area contributed by atoms with Gasteiger partial charge in [0.15, 0.2) is 11.4 Å². The Bertz CT molecular complexity index is 812. The summed E-state index contributed by atoms with van der Waals surface area (Å²) in [6.45, 7) is 2.44. The predicted molar refractivity (Wildman–Crippen MR) is 84.6 cm³/mol. The van der Waals surface area contributed by atoms with E-state index in [1.807, 2.05) is 18.2 Å². The van der Waals surface area contributed by atoms with Gasteiger partial charge in [0.25, 0.3) is 0 Å². The van der Waals surface area contributed by atoms with E-state index >= 15 is 0 Å². The van der Waals surface area contributed by atoms with Crippen LogP contribution < -0.4 is 11.1 Å². The molecular formula is C16H18N6O. The number of anilines is 1. The molecule has 2 unspecified atom stereocenters. The van der Waals surface area contributed by atoms with Crippen molar-refractivity contribution in [3.8, 4) is 6.07 Å². The van der Waals surface area contributed by atoms with Crippen molar-refractivity contribution in [1.82, 2.24) is 19.9 Å². The number of rotatable bonds is 2. The number of nitrogen functional groups attached to an aromatic ring is 1. The number of hydrogen-bond donors (Lipinski definition) is 2. The molecule has 0 spiro atoms. The van der Waals surface area contributed by atoms with Gasteiger partial charge in [0.1, 0.15) is 11.9 Å². The van der Waals surface area contributed by atoms with E-state index < -0.39 is 0 Å². The van der Waals surface area contributed by atoms with Crippen molar-refractivity contribution in [2.45, 2.75) is 24.7 Å². The molecular weight excluding hydrogens is 292 g/mol. The number of ether oxygens (including phenoxy) is 1. The zero-order chi connectivity index (χ0) is 15.8. The summed E-state index contributed by atoms with van der Waals surface area (Å²) in [5, 5.41) is 16.7. The van der Waals surface area contributed by atoms with Gasteiger partial charge >= 0.3 is 0 Å². The Morgan fingerprint density at radius 3 is 3.13 bits per heavy atom. The van der Waals surface area contributed by atoms with Gasteiger partial charge in [0.2, 0.25) is 0 Å². The van der Waals surface area contributed by atoms with Crippen LogP contribution in [-0.2, 0) is 4.74 Å². The van der Waals surface area contributed by atoms with Crippen molar-refractivity contribution >= 4 is 11.5 Å². The number of nitrogens with zero attached hydrogens (tertiary/aromatic N) is 4. The van der Waals surface area contributed by atoms with Crippen molar-refractivity contribution in [3.05, 3.63) is 35.4 Å². The van der Waals surface area contributed by atoms with E-state index in [4.69, 9.17) is 20.7 Å². The average Bonchev–Trinajstić information content (AvgIpc) is 3.22. The van der Waals surface area contributed by atoms with E-state index in [0.717, 1.165) is 42.8 Å². The second-order valence-corrected chi connectivity index (χ2v) is 6.04. The lowest BCUT2D eigenvalue weighted by Gasteiger charge is -2.22. The number of nitrogens with two attached hydrogens (primary N) is 1. The van der Waals surface area contributed by atoms with Gasteiger partial charge in [0.05, 0.1) is 18.5 Å². The molecule has 7 heteroatoms. The highest BCUT2D eigenvalue weighted by molar-refractivity contribution is 5.56. The number of piperidine rings is 1. The lowest BCUT2D eigenvalue weighted by molar-refractivity contribution is 0.249. The molecule has 4 rings (SSSR count). The van der Waals surface area contributed by atoms with Crippen LogP contribution >= 0.6 is 0 Å². The molecule has 0 saturated carbocycles. The van der Waals surface area contributed by atoms with E-state index in [9.17, 15) is 0 Å². The molecule has 0 radical (unpaired) electrons. The summed E-state index contributed by atoms with van der Waals surface area (Å²) in [5.74, 6) is 1.32. The Kier molecular flexibility index (Phi) is 3.39. The molecule has 0 aromatic carbocycles. The molecule has 23 heavy (non-hydrogen) atoms. The summed E-state index contributed by atoms with van der Waals surface area (Å²) in [7, 11) is 0. The van der Waals surface area contributed by atoms with Crippen molar-refractivity contribution in [1.29, 1.82) is 5.26 Å². The van der Waals surface area contributed by atoms with E-state index in [-0.39, 0.29) is 5.92 Å². The number of fused-ring (bicyclic) bond motifs is 1. The minimum atomic E-state index is -0.00576. The maximum atomic E-state index is 8.95. The van der Waals surface area contributed by atoms with Gasteiger partial charge in [-0.05, 0) is 25.5 Å². The second-order valence-electron chi connectivity index (χ2n) is 6.04. The SMILES string of the molecule is N#CC1=CC(c2cnn3c(N)cc(C4CCCNC4)nc23)CO1. The first-order valence-electron chi connectivity index (χ1n) is 7.85. The van der Waals surface area contributed by atoms with Crippen LogP contribution in [0.4, 0.5) is 5.82 Å². The molecule has 7 nitrogen and oxygen atoms in total. The number of hydrogen-bond acceptors (Lipinski definition) is 6. The third-order valence-corrected chi connectivity index (χ3v) is 4.54. The van der Waals surface area contributed by atoms with E-state index in [2.05, 4.69) is 10.4 Å². The van der Waals surface area contributed by atoms with Crippen LogP contribution in [0.5, 0.6) is 0 Å². The van der Waals surface area contributed by atoms with Crippen molar-refractivity contribution in [2.24, 2.45) is 0 Å². The standard InChI is InChI=1S/C16H18N6O/c17-6-12-4-11(9-23-12)13-8-20-22-15(18)5-14(21-16(13)22)10-2-1-3-19-7-10/h4-5,8,10-11,19H,1-3,7,9,18H2. The minimum absolute atomic E-state index is 0.00576. The summed E-state index contributed by atoms with van der Waals surface area (Å²) in [5.41, 5.74) is 8.89. The van der Waals surface area contributed by atoms with Crippen LogP contribution in [0.3, 0.4) is 0 Å². The molecule has 118 valence electrons. The molecule has 2 aliphatic heterocycles. The zero-order valence-electron chi connectivity index (χ0n) is 12.7. The molecule has 1 fully saturated rings. The summed E-state index contributed by atoms with van der Waals surface area (Å²) in [6, 6.07) is 3.96. The monoisotopic (exact) mass is 310 g/mol. The lowest BCUT2D eigenvalue weighted by atomic mass is 9.95. The molecule has 1 saturated heterocycles. The number of aromatic nitrogens is 3. The molecule has 2 aliphatic rings. The van der Waals surface area contributed by atoms with E-state index in [1.165, 1.54) is 0 Å². The van der Waals surface area contributed by atoms with Crippen LogP contribution in [0.25, 0.3) is 5.65 Å². The Morgan fingerprint density at radius 2 is 2.39 bits per heavy atom. The number of allylic oxidation sites excluding steroid dienone is 1. The molecule has 2 aromatic heterocycles. The Balaban J connectivity index is 1.76. The van der Waals surface area contributed by atoms with Crippen molar-refractivity contribution in [2.75, 3.05) is 25.4 Å². The van der Waals surface area contributed by atoms with Crippen LogP contribution in [0, 0.1) is 11.3 Å². The molecule has 0 bridgehead atoms. The Labute approximate surface area is 133 Å². The highest BCUT2D eigenvalue weighted by atomic mass is 16.5. The van der Waals surface area contributed by atoms with E-state index in [1.54, 1.807) is 10.7 Å². The summed E-state index contributed by atoms with van der Waals surface area (Å²) < 4.78 is 7.02. The molecule has 2 atom stereocenters. The second kappa shape index (κ2) is 5.56. The fourth-order valence-electron chi connectivity index (χ4n) is 3.31. The quantitative estimate of drug-likeness (QED) is 0.867. The predicted octanol–water partition coefficient (Wildman–Crippen LogP) is 1.30. The smallest absolute Gasteiger partial charge is 0.193 e. The first-order valence-corrected chi connectivity index (χ1v) is 7.85. The van der Waals surface area contributed by atoms with Crippen molar-refractivity contribution in [3.63, 3.8) is 0 Å². The highest BCUT2D eigenvalue weighted by Gasteiger charge is 2.25. The molecule has 4 heterocycles. The molecule has 2 aromatic rings. The average molecular weight is 310 g/mol. The molecule has 0 aliphatic carbocycles. The van der Waals surface area contributed by atoms with E-state index in [0.29, 0.717) is 24.1 Å². The van der Waals surface area contributed by atoms with Gasteiger partial charge in [-0.1, -0.05) is 0 Å². The van der Waals surface area contributed by atoms with Gasteiger partial charge < -0.3 is 15.8 Å². The van der Waals surface area contributed by atoms with Gasteiger partial charge in [-0.3, -0.25) is 0 Å². The largest absolute Gasteiger partial charge is 0.483 e. The highest BCUT2D eigenvalue weighted by Crippen LogP contribution is 2.31. The Morgan fingerprint density at radius 1 is 1.48 bits per heavy atom. The third kappa shape index (κ3) is 2.41. The first-order chi connectivity index (χ1) is 11.3. The zero-order valence-corrected chi connectivity index (χ0v) is 12.7. The van der Waals surface area contributed by atoms with Crippen LogP contribution in [0.15, 0.2) is 24.1 Å². The number of nitrogens with one attached hydrogen (secondary N) is 1. The minimum Gasteiger partial charge on any atom is -0.483 e. The van der Waals surface area contributed by atoms with Crippen LogP contribution in [-0.4, -0.2) is 34.3 Å². The Hall–Kier alpha value is -2.59. The first kappa shape index (κ1) is 14.0. The fraction of sp³-hybridized carbons (Fsp3) is 0.438. The van der Waals surface area contributed by atoms with Crippen LogP contribution in [0.2, 0.25) is 0 Å². The van der Waals surface area contributed by atoms with Crippen molar-refractivity contribution < 1.29 is 4.74 Å². The maximum absolute atomic E-state index is 8.95. The van der Waals surface area contributed by atoms with Gasteiger partial charge in [-0.25, -0.2) is 4.98 Å². The third-order valence-electron chi connectivity index (χ3n) is 4.54. The maximum Gasteiger partial charge on any atom is 0.193 e. The van der Waals surface area contributed by atoms with Crippen LogP contribution in [0.1, 0.15) is 35.9 Å². The molecule has 0 amide bonds. The topological polar surface area (TPSA) is 101 Å². The van der Waals surface area contributed by atoms with Gasteiger partial charge in [-0.15, -0.1) is 0 Å². The fourth-order valence-corrected chi connectivity index (χ4v) is 3.31. The summed E-state index contributed by atoms with van der Waals surface area (Å²) >= 11 is 0. The van der Waals surface area contributed by atoms with Gasteiger partial charge in [0, 0.05) is 30.0 Å². The summed E-state index contributed by atoms with van der Waals surface area (Å²) in [4.78, 5) is 4.83. The summed E-state index contributed by atoms with van der Waals surface area (Å²) in [6.07, 6.45) is 5.86. The number of nitriles is 1. The normalized spacial score (nSPS) is 24.2. The lowest BCUT2D eigenvalue weighted by Crippen LogP contribution is -2.29.